The smallest absolute Gasteiger partial charge is 0.399 e. The number of hydrogen-bond donors (Lipinski definition) is 0. The fraction of sp³-hybridized carbons (Fsp3) is 0.400. The number of aromatic nitrogens is 1. The van der Waals surface area contributed by atoms with E-state index in [1.807, 2.05) is 24.4 Å². The first-order chi connectivity index (χ1) is 8.91. The highest BCUT2D eigenvalue weighted by Gasteiger charge is 2.52. The topological polar surface area (TPSA) is 31.4 Å². The van der Waals surface area contributed by atoms with Crippen LogP contribution in [0, 0.1) is 0 Å². The second-order valence-corrected chi connectivity index (χ2v) is 6.03. The third-order valence-electron chi connectivity index (χ3n) is 4.22. The van der Waals surface area contributed by atoms with Gasteiger partial charge in [0.2, 0.25) is 0 Å². The molecule has 1 aromatic carbocycles. The monoisotopic (exact) mass is 255 g/mol. The van der Waals surface area contributed by atoms with E-state index in [0.717, 1.165) is 16.2 Å². The summed E-state index contributed by atoms with van der Waals surface area (Å²) in [6.45, 7) is 8.26. The Morgan fingerprint density at radius 1 is 1.00 bits per heavy atom. The summed E-state index contributed by atoms with van der Waals surface area (Å²) in [6.07, 6.45) is 3.67. The Bertz CT molecular complexity index is 603. The average molecular weight is 255 g/mol. The standard InChI is InChI=1S/C15H18BNO2/c1-14(2)15(3,4)19-16(18-14)13-7-5-6-11-8-9-17-10-12(11)13/h5-10H,1-4H3. The minimum Gasteiger partial charge on any atom is -0.399 e. The molecule has 1 fully saturated rings. The molecule has 1 aromatic heterocycles. The van der Waals surface area contributed by atoms with Crippen LogP contribution in [0.2, 0.25) is 0 Å². The zero-order valence-corrected chi connectivity index (χ0v) is 11.8. The molecular formula is C15H18BNO2. The third-order valence-corrected chi connectivity index (χ3v) is 4.22. The van der Waals surface area contributed by atoms with Crippen molar-refractivity contribution in [2.24, 2.45) is 0 Å². The number of pyridine rings is 1. The molecule has 0 unspecified atom stereocenters. The maximum Gasteiger partial charge on any atom is 0.495 e. The Hall–Kier alpha value is -1.39. The molecule has 0 bridgehead atoms. The molecule has 2 heterocycles. The first-order valence-corrected chi connectivity index (χ1v) is 6.59. The van der Waals surface area contributed by atoms with Crippen LogP contribution in [0.15, 0.2) is 36.7 Å². The lowest BCUT2D eigenvalue weighted by Gasteiger charge is -2.32. The third kappa shape index (κ3) is 1.95. The van der Waals surface area contributed by atoms with E-state index in [2.05, 4.69) is 38.7 Å². The van der Waals surface area contributed by atoms with Crippen LogP contribution in [0.5, 0.6) is 0 Å². The Balaban J connectivity index is 2.08. The van der Waals surface area contributed by atoms with Gasteiger partial charge >= 0.3 is 7.12 Å². The summed E-state index contributed by atoms with van der Waals surface area (Å²) in [6, 6.07) is 8.16. The van der Waals surface area contributed by atoms with Gasteiger partial charge in [0.15, 0.2) is 0 Å². The van der Waals surface area contributed by atoms with Gasteiger partial charge in [-0.2, -0.15) is 0 Å². The van der Waals surface area contributed by atoms with Crippen molar-refractivity contribution in [2.75, 3.05) is 0 Å². The lowest BCUT2D eigenvalue weighted by Crippen LogP contribution is -2.41. The Labute approximate surface area is 114 Å². The fourth-order valence-corrected chi connectivity index (χ4v) is 2.31. The lowest BCUT2D eigenvalue weighted by atomic mass is 9.76. The molecule has 0 saturated carbocycles. The van der Waals surface area contributed by atoms with E-state index < -0.39 is 0 Å². The van der Waals surface area contributed by atoms with Crippen LogP contribution in [-0.4, -0.2) is 23.3 Å². The molecule has 1 aliphatic heterocycles. The van der Waals surface area contributed by atoms with Crippen LogP contribution in [0.25, 0.3) is 10.8 Å². The zero-order valence-electron chi connectivity index (χ0n) is 11.8. The fourth-order valence-electron chi connectivity index (χ4n) is 2.31. The van der Waals surface area contributed by atoms with Gasteiger partial charge in [-0.25, -0.2) is 0 Å². The van der Waals surface area contributed by atoms with E-state index in [0.29, 0.717) is 0 Å². The molecule has 0 radical (unpaired) electrons. The predicted molar refractivity (Wildman–Crippen MR) is 77.5 cm³/mol. The molecule has 98 valence electrons. The van der Waals surface area contributed by atoms with Gasteiger partial charge in [0.25, 0.3) is 0 Å². The molecule has 3 rings (SSSR count). The lowest BCUT2D eigenvalue weighted by molar-refractivity contribution is 0.00578. The van der Waals surface area contributed by atoms with Gasteiger partial charge in [-0.3, -0.25) is 4.98 Å². The summed E-state index contributed by atoms with van der Waals surface area (Å²) in [5.74, 6) is 0. The highest BCUT2D eigenvalue weighted by atomic mass is 16.7. The van der Waals surface area contributed by atoms with E-state index >= 15 is 0 Å². The molecule has 2 aromatic rings. The number of nitrogens with zero attached hydrogens (tertiary/aromatic N) is 1. The van der Waals surface area contributed by atoms with Crippen LogP contribution in [0.4, 0.5) is 0 Å². The largest absolute Gasteiger partial charge is 0.495 e. The molecule has 0 amide bonds. The molecule has 0 spiro atoms. The van der Waals surface area contributed by atoms with Gasteiger partial charge < -0.3 is 9.31 Å². The van der Waals surface area contributed by atoms with Crippen molar-refractivity contribution in [1.82, 2.24) is 4.98 Å². The van der Waals surface area contributed by atoms with E-state index in [9.17, 15) is 0 Å². The maximum atomic E-state index is 6.11. The highest BCUT2D eigenvalue weighted by Crippen LogP contribution is 2.36. The number of benzene rings is 1. The number of hydrogen-bond acceptors (Lipinski definition) is 3. The molecule has 3 nitrogen and oxygen atoms in total. The maximum absolute atomic E-state index is 6.11. The van der Waals surface area contributed by atoms with Crippen LogP contribution in [-0.2, 0) is 9.31 Å². The summed E-state index contributed by atoms with van der Waals surface area (Å²) in [7, 11) is -0.335. The Morgan fingerprint density at radius 2 is 1.68 bits per heavy atom. The van der Waals surface area contributed by atoms with Crippen molar-refractivity contribution in [1.29, 1.82) is 0 Å². The van der Waals surface area contributed by atoms with Crippen LogP contribution in [0.1, 0.15) is 27.7 Å². The second-order valence-electron chi connectivity index (χ2n) is 6.03. The van der Waals surface area contributed by atoms with Crippen molar-refractivity contribution >= 4 is 23.4 Å². The first-order valence-electron chi connectivity index (χ1n) is 6.59. The number of rotatable bonds is 1. The summed E-state index contributed by atoms with van der Waals surface area (Å²) < 4.78 is 12.2. The van der Waals surface area contributed by atoms with Crippen molar-refractivity contribution in [3.63, 3.8) is 0 Å². The van der Waals surface area contributed by atoms with Gasteiger partial charge in [0, 0.05) is 12.4 Å². The summed E-state index contributed by atoms with van der Waals surface area (Å²) in [4.78, 5) is 4.21. The van der Waals surface area contributed by atoms with Crippen molar-refractivity contribution < 1.29 is 9.31 Å². The van der Waals surface area contributed by atoms with Gasteiger partial charge in [-0.15, -0.1) is 0 Å². The molecule has 4 heteroatoms. The second kappa shape index (κ2) is 4.05. The molecule has 0 atom stereocenters. The van der Waals surface area contributed by atoms with E-state index in [4.69, 9.17) is 9.31 Å². The average Bonchev–Trinajstić information content (AvgIpc) is 2.58. The van der Waals surface area contributed by atoms with Crippen molar-refractivity contribution in [2.45, 2.75) is 38.9 Å². The minimum atomic E-state index is -0.335. The highest BCUT2D eigenvalue weighted by molar-refractivity contribution is 6.65. The molecular weight excluding hydrogens is 237 g/mol. The first kappa shape index (κ1) is 12.6. The Kier molecular flexibility index (Phi) is 2.70. The molecule has 1 aliphatic rings. The SMILES string of the molecule is CC1(C)OB(c2cccc3ccncc23)OC1(C)C. The minimum absolute atomic E-state index is 0.317. The van der Waals surface area contributed by atoms with Gasteiger partial charge in [-0.05, 0) is 50.0 Å². The molecule has 1 saturated heterocycles. The summed E-state index contributed by atoms with van der Waals surface area (Å²) in [5.41, 5.74) is 0.411. The van der Waals surface area contributed by atoms with Crippen LogP contribution >= 0.6 is 0 Å². The van der Waals surface area contributed by atoms with Gasteiger partial charge in [-0.1, -0.05) is 18.2 Å². The van der Waals surface area contributed by atoms with E-state index in [1.54, 1.807) is 6.20 Å². The normalized spacial score (nSPS) is 20.9. The van der Waals surface area contributed by atoms with Crippen LogP contribution in [0.3, 0.4) is 0 Å². The Morgan fingerprint density at radius 3 is 2.37 bits per heavy atom. The predicted octanol–water partition coefficient (Wildman–Crippen LogP) is 2.53. The molecule has 0 N–H and O–H groups in total. The quantitative estimate of drug-likeness (QED) is 0.734. The van der Waals surface area contributed by atoms with E-state index in [1.165, 1.54) is 0 Å². The molecule has 19 heavy (non-hydrogen) atoms. The molecule has 0 aliphatic carbocycles. The van der Waals surface area contributed by atoms with Crippen molar-refractivity contribution in [3.8, 4) is 0 Å². The summed E-state index contributed by atoms with van der Waals surface area (Å²) in [5, 5.41) is 2.24. The zero-order chi connectivity index (χ0) is 13.7. The number of fused-ring (bicyclic) bond motifs is 1. The van der Waals surface area contributed by atoms with E-state index in [-0.39, 0.29) is 18.3 Å². The summed E-state index contributed by atoms with van der Waals surface area (Å²) >= 11 is 0. The van der Waals surface area contributed by atoms with Gasteiger partial charge in [0.05, 0.1) is 11.2 Å². The van der Waals surface area contributed by atoms with Gasteiger partial charge in [0.1, 0.15) is 0 Å². The van der Waals surface area contributed by atoms with Crippen LogP contribution < -0.4 is 5.46 Å². The van der Waals surface area contributed by atoms with Crippen molar-refractivity contribution in [3.05, 3.63) is 36.7 Å².